The monoisotopic (exact) mass is 519 g/mol. The van der Waals surface area contributed by atoms with Crippen molar-refractivity contribution in [3.63, 3.8) is 0 Å². The maximum absolute atomic E-state index is 14.2. The summed E-state index contributed by atoms with van der Waals surface area (Å²) in [4.78, 5) is 42.0. The molecule has 3 N–H and O–H groups in total. The highest BCUT2D eigenvalue weighted by molar-refractivity contribution is 5.92. The average molecular weight is 520 g/mol. The maximum Gasteiger partial charge on any atom is 0.408 e. The topological polar surface area (TPSA) is 108 Å². The molecule has 0 aliphatic heterocycles. The van der Waals surface area contributed by atoms with E-state index < -0.39 is 23.8 Å². The van der Waals surface area contributed by atoms with Gasteiger partial charge in [0.2, 0.25) is 11.8 Å². The van der Waals surface area contributed by atoms with Crippen molar-refractivity contribution in [1.82, 2.24) is 15.5 Å². The van der Waals surface area contributed by atoms with Gasteiger partial charge in [-0.05, 0) is 64.7 Å². The van der Waals surface area contributed by atoms with Crippen molar-refractivity contribution in [2.45, 2.75) is 118 Å². The molecule has 0 aromatic heterocycles. The quantitative estimate of drug-likeness (QED) is 0.273. The van der Waals surface area contributed by atoms with Crippen LogP contribution in [0, 0.1) is 5.92 Å². The fraction of sp³-hybridized carbons (Fsp3) is 0.690. The summed E-state index contributed by atoms with van der Waals surface area (Å²) in [6.07, 6.45) is 4.91. The Balaban J connectivity index is 3.46. The molecule has 0 aliphatic rings. The highest BCUT2D eigenvalue weighted by Gasteiger charge is 2.38. The number of hydrogen-bond acceptors (Lipinski definition) is 5. The van der Waals surface area contributed by atoms with Crippen molar-refractivity contribution in [3.05, 3.63) is 29.8 Å². The molecule has 0 bridgehead atoms. The van der Waals surface area contributed by atoms with E-state index in [4.69, 9.17) is 4.74 Å². The molecule has 0 saturated heterocycles. The normalized spacial score (nSPS) is 14.0. The summed E-state index contributed by atoms with van der Waals surface area (Å²) in [6.45, 7) is 15.4. The van der Waals surface area contributed by atoms with Gasteiger partial charge in [0.15, 0.2) is 0 Å². The molecule has 0 radical (unpaired) electrons. The number of nitrogens with one attached hydrogen (secondary N) is 2. The number of phenols is 1. The number of carbonyl (C=O) groups is 3. The lowest BCUT2D eigenvalue weighted by atomic mass is 9.95. The van der Waals surface area contributed by atoms with Gasteiger partial charge in [0.05, 0.1) is 0 Å². The molecule has 1 aromatic carbocycles. The van der Waals surface area contributed by atoms with Gasteiger partial charge < -0.3 is 25.4 Å². The van der Waals surface area contributed by atoms with Crippen LogP contribution < -0.4 is 10.6 Å². The number of benzene rings is 1. The van der Waals surface area contributed by atoms with Crippen LogP contribution in [0.15, 0.2) is 24.3 Å². The molecule has 0 saturated carbocycles. The minimum absolute atomic E-state index is 0.0771. The Kier molecular flexibility index (Phi) is 13.5. The third-order valence-corrected chi connectivity index (χ3v) is 6.14. The Hall–Kier alpha value is -2.77. The molecule has 0 heterocycles. The lowest BCUT2D eigenvalue weighted by molar-refractivity contribution is -0.143. The van der Waals surface area contributed by atoms with Gasteiger partial charge in [0.1, 0.15) is 23.4 Å². The minimum Gasteiger partial charge on any atom is -0.508 e. The number of carbonyl (C=O) groups excluding carboxylic acids is 3. The zero-order valence-electron chi connectivity index (χ0n) is 24.1. The van der Waals surface area contributed by atoms with Crippen molar-refractivity contribution in [1.29, 1.82) is 0 Å². The van der Waals surface area contributed by atoms with E-state index in [9.17, 15) is 19.5 Å². The first kappa shape index (κ1) is 32.3. The molecule has 3 unspecified atom stereocenters. The number of amides is 3. The number of ether oxygens (including phenoxy) is 1. The van der Waals surface area contributed by atoms with Gasteiger partial charge >= 0.3 is 6.09 Å². The zero-order chi connectivity index (χ0) is 28.2. The Morgan fingerprint density at radius 3 is 2.05 bits per heavy atom. The van der Waals surface area contributed by atoms with E-state index in [1.807, 2.05) is 27.7 Å². The molecule has 210 valence electrons. The molecular weight excluding hydrogens is 470 g/mol. The predicted molar refractivity (Wildman–Crippen MR) is 147 cm³/mol. The first-order chi connectivity index (χ1) is 17.3. The predicted octanol–water partition coefficient (Wildman–Crippen LogP) is 5.70. The van der Waals surface area contributed by atoms with Crippen molar-refractivity contribution in [2.24, 2.45) is 5.92 Å². The number of alkyl carbamates (subject to hydrolysis) is 1. The molecule has 3 atom stereocenters. The van der Waals surface area contributed by atoms with Crippen LogP contribution in [0.1, 0.15) is 106 Å². The highest BCUT2D eigenvalue weighted by Crippen LogP contribution is 2.27. The Morgan fingerprint density at radius 2 is 1.54 bits per heavy atom. The van der Waals surface area contributed by atoms with E-state index in [-0.39, 0.29) is 29.5 Å². The largest absolute Gasteiger partial charge is 0.508 e. The molecule has 37 heavy (non-hydrogen) atoms. The molecular formula is C29H49N3O5. The van der Waals surface area contributed by atoms with Crippen LogP contribution in [0.2, 0.25) is 0 Å². The average Bonchev–Trinajstić information content (AvgIpc) is 2.80. The number of unbranched alkanes of at least 4 members (excludes halogenated alkanes) is 4. The van der Waals surface area contributed by atoms with Crippen molar-refractivity contribution in [3.8, 4) is 5.75 Å². The van der Waals surface area contributed by atoms with Crippen LogP contribution in [0.3, 0.4) is 0 Å². The van der Waals surface area contributed by atoms with E-state index in [1.165, 1.54) is 12.1 Å². The second kappa shape index (κ2) is 15.5. The van der Waals surface area contributed by atoms with E-state index in [2.05, 4.69) is 17.6 Å². The Labute approximate surface area is 223 Å². The van der Waals surface area contributed by atoms with Crippen LogP contribution in [0.5, 0.6) is 5.75 Å². The maximum atomic E-state index is 14.2. The number of hydrogen-bond donors (Lipinski definition) is 3. The van der Waals surface area contributed by atoms with E-state index >= 15 is 0 Å². The van der Waals surface area contributed by atoms with Gasteiger partial charge in [-0.25, -0.2) is 4.79 Å². The summed E-state index contributed by atoms with van der Waals surface area (Å²) < 4.78 is 5.45. The summed E-state index contributed by atoms with van der Waals surface area (Å²) in [5.41, 5.74) is -0.115. The van der Waals surface area contributed by atoms with Crippen molar-refractivity contribution in [2.75, 3.05) is 6.54 Å². The van der Waals surface area contributed by atoms with Crippen molar-refractivity contribution >= 4 is 17.9 Å². The van der Waals surface area contributed by atoms with Crippen LogP contribution >= 0.6 is 0 Å². The second-order valence-corrected chi connectivity index (χ2v) is 11.1. The lowest BCUT2D eigenvalue weighted by Crippen LogP contribution is -2.55. The van der Waals surface area contributed by atoms with E-state index in [0.29, 0.717) is 18.5 Å². The summed E-state index contributed by atoms with van der Waals surface area (Å²) in [6, 6.07) is 4.46. The molecule has 3 amide bonds. The number of aromatic hydroxyl groups is 1. The zero-order valence-corrected chi connectivity index (χ0v) is 24.1. The van der Waals surface area contributed by atoms with Gasteiger partial charge in [-0.1, -0.05) is 65.0 Å². The van der Waals surface area contributed by atoms with E-state index in [0.717, 1.165) is 32.1 Å². The van der Waals surface area contributed by atoms with Crippen LogP contribution in [-0.4, -0.2) is 52.1 Å². The number of rotatable bonds is 14. The Bertz CT molecular complexity index is 848. The van der Waals surface area contributed by atoms with Gasteiger partial charge in [-0.15, -0.1) is 0 Å². The smallest absolute Gasteiger partial charge is 0.408 e. The first-order valence-electron chi connectivity index (χ1n) is 13.7. The molecule has 8 heteroatoms. The molecule has 1 rings (SSSR count). The van der Waals surface area contributed by atoms with Gasteiger partial charge in [0.25, 0.3) is 0 Å². The first-order valence-corrected chi connectivity index (χ1v) is 13.7. The highest BCUT2D eigenvalue weighted by atomic mass is 16.6. The summed E-state index contributed by atoms with van der Waals surface area (Å²) in [7, 11) is 0. The van der Waals surface area contributed by atoms with Crippen LogP contribution in [0.4, 0.5) is 4.79 Å². The summed E-state index contributed by atoms with van der Waals surface area (Å²) in [5, 5.41) is 15.6. The molecule has 8 nitrogen and oxygen atoms in total. The number of phenolic OH excluding ortho intramolecular Hbond substituents is 1. The minimum atomic E-state index is -0.909. The lowest BCUT2D eigenvalue weighted by Gasteiger charge is -2.36. The fourth-order valence-corrected chi connectivity index (χ4v) is 4.04. The summed E-state index contributed by atoms with van der Waals surface area (Å²) >= 11 is 0. The second-order valence-electron chi connectivity index (χ2n) is 11.1. The fourth-order valence-electron chi connectivity index (χ4n) is 4.04. The number of nitrogens with zero attached hydrogens (tertiary/aromatic N) is 1. The Morgan fingerprint density at radius 1 is 0.946 bits per heavy atom. The van der Waals surface area contributed by atoms with Crippen LogP contribution in [-0.2, 0) is 14.3 Å². The third kappa shape index (κ3) is 11.4. The summed E-state index contributed by atoms with van der Waals surface area (Å²) in [5.74, 6) is -0.736. The standard InChI is InChI=1S/C29H49N3O5/c1-9-11-12-13-14-19-32(25(26(34)30-20(3)4)22-15-17-23(33)18-16-22)27(35)24(21(5)10-2)31-28(36)37-29(6,7)8/h15-18,20-21,24-25,33H,9-14,19H2,1-8H3,(H,30,34)(H,31,36). The molecule has 0 fully saturated rings. The molecule has 1 aromatic rings. The third-order valence-electron chi connectivity index (χ3n) is 6.14. The van der Waals surface area contributed by atoms with E-state index in [1.54, 1.807) is 37.8 Å². The van der Waals surface area contributed by atoms with Gasteiger partial charge in [-0.2, -0.15) is 0 Å². The van der Waals surface area contributed by atoms with Crippen LogP contribution in [0.25, 0.3) is 0 Å². The SMILES string of the molecule is CCCCCCCN(C(=O)C(NC(=O)OC(C)(C)C)C(C)CC)C(C(=O)NC(C)C)c1ccc(O)cc1. The molecule has 0 spiro atoms. The van der Waals surface area contributed by atoms with Gasteiger partial charge in [-0.3, -0.25) is 9.59 Å². The molecule has 0 aliphatic carbocycles. The van der Waals surface area contributed by atoms with Crippen molar-refractivity contribution < 1.29 is 24.2 Å². The van der Waals surface area contributed by atoms with Gasteiger partial charge in [0, 0.05) is 12.6 Å².